The second kappa shape index (κ2) is 3.49. The van der Waals surface area contributed by atoms with Gasteiger partial charge in [0.1, 0.15) is 5.65 Å². The van der Waals surface area contributed by atoms with Crippen molar-refractivity contribution in [3.05, 3.63) is 35.8 Å². The minimum absolute atomic E-state index is 1.07. The lowest BCUT2D eigenvalue weighted by Gasteiger charge is -2.15. The monoisotopic (exact) mass is 218 g/mol. The number of imidazole rings is 1. The van der Waals surface area contributed by atoms with Gasteiger partial charge in [0.2, 0.25) is 0 Å². The van der Waals surface area contributed by atoms with E-state index in [2.05, 4.69) is 54.3 Å². The number of fused-ring (bicyclic) bond motifs is 1. The first-order valence-corrected chi connectivity index (χ1v) is 9.11. The van der Waals surface area contributed by atoms with Crippen molar-refractivity contribution in [3.8, 4) is 0 Å². The summed E-state index contributed by atoms with van der Waals surface area (Å²) in [6.07, 6.45) is 2.12. The van der Waals surface area contributed by atoms with Gasteiger partial charge in [-0.1, -0.05) is 25.7 Å². The Morgan fingerprint density at radius 3 is 2.67 bits per heavy atom. The average Bonchev–Trinajstić information content (AvgIpc) is 2.41. The van der Waals surface area contributed by atoms with E-state index in [1.54, 1.807) is 0 Å². The predicted molar refractivity (Wildman–Crippen MR) is 67.0 cm³/mol. The zero-order valence-electron chi connectivity index (χ0n) is 9.91. The zero-order valence-corrected chi connectivity index (χ0v) is 10.9. The zero-order chi connectivity index (χ0) is 11.1. The lowest BCUT2D eigenvalue weighted by atomic mass is 10.4. The van der Waals surface area contributed by atoms with Gasteiger partial charge in [-0.3, -0.25) is 0 Å². The number of pyridine rings is 1. The maximum absolute atomic E-state index is 4.58. The van der Waals surface area contributed by atoms with E-state index in [1.165, 1.54) is 17.4 Å². The molecule has 2 nitrogen and oxygen atoms in total. The Hall–Kier alpha value is -1.09. The van der Waals surface area contributed by atoms with Crippen molar-refractivity contribution in [1.82, 2.24) is 9.38 Å². The maximum atomic E-state index is 4.58. The van der Waals surface area contributed by atoms with Gasteiger partial charge in [-0.2, -0.15) is 0 Å². The Morgan fingerprint density at radius 2 is 2.00 bits per heavy atom. The highest BCUT2D eigenvalue weighted by Crippen LogP contribution is 2.17. The molecule has 15 heavy (non-hydrogen) atoms. The Kier molecular flexibility index (Phi) is 2.42. The molecule has 3 heteroatoms. The molecule has 0 fully saturated rings. The lowest BCUT2D eigenvalue weighted by Crippen LogP contribution is -2.25. The molecule has 0 amide bonds. The van der Waals surface area contributed by atoms with Gasteiger partial charge in [-0.25, -0.2) is 4.98 Å². The molecule has 0 unspecified atom stereocenters. The van der Waals surface area contributed by atoms with E-state index in [0.29, 0.717) is 0 Å². The lowest BCUT2D eigenvalue weighted by molar-refractivity contribution is 1.05. The molecule has 0 saturated heterocycles. The van der Waals surface area contributed by atoms with Crippen LogP contribution in [0.15, 0.2) is 24.4 Å². The third-order valence-corrected chi connectivity index (χ3v) is 3.92. The minimum atomic E-state index is -1.07. The summed E-state index contributed by atoms with van der Waals surface area (Å²) >= 11 is 0. The summed E-state index contributed by atoms with van der Waals surface area (Å²) in [7, 11) is -1.07. The van der Waals surface area contributed by atoms with Gasteiger partial charge in [0.05, 0.1) is 13.8 Å². The summed E-state index contributed by atoms with van der Waals surface area (Å²) in [5.41, 5.74) is 3.65. The minimum Gasteiger partial charge on any atom is -0.304 e. The number of rotatable bonds is 2. The quantitative estimate of drug-likeness (QED) is 0.708. The van der Waals surface area contributed by atoms with Crippen molar-refractivity contribution in [3.63, 3.8) is 0 Å². The topological polar surface area (TPSA) is 17.3 Å². The fraction of sp³-hybridized carbons (Fsp3) is 0.417. The van der Waals surface area contributed by atoms with Crippen molar-refractivity contribution in [1.29, 1.82) is 0 Å². The standard InChI is InChI=1S/C12H18N2Si/c1-10-11(9-15(2,3)4)14-8-6-5-7-12(14)13-10/h5-8H,9H2,1-4H3. The molecule has 2 heterocycles. The van der Waals surface area contributed by atoms with Gasteiger partial charge in [0.25, 0.3) is 0 Å². The predicted octanol–water partition coefficient (Wildman–Crippen LogP) is 3.06. The Labute approximate surface area is 92.0 Å². The highest BCUT2D eigenvalue weighted by molar-refractivity contribution is 6.75. The van der Waals surface area contributed by atoms with Crippen molar-refractivity contribution in [2.75, 3.05) is 0 Å². The van der Waals surface area contributed by atoms with E-state index in [9.17, 15) is 0 Å². The molecule has 0 aliphatic carbocycles. The van der Waals surface area contributed by atoms with E-state index in [4.69, 9.17) is 0 Å². The van der Waals surface area contributed by atoms with Crippen LogP contribution in [0.3, 0.4) is 0 Å². The van der Waals surface area contributed by atoms with Crippen LogP contribution in [0.1, 0.15) is 11.4 Å². The molecule has 0 N–H and O–H groups in total. The van der Waals surface area contributed by atoms with Crippen LogP contribution in [0, 0.1) is 6.92 Å². The van der Waals surface area contributed by atoms with Gasteiger partial charge >= 0.3 is 0 Å². The highest BCUT2D eigenvalue weighted by atomic mass is 28.3. The van der Waals surface area contributed by atoms with Crippen molar-refractivity contribution < 1.29 is 0 Å². The van der Waals surface area contributed by atoms with E-state index < -0.39 is 8.07 Å². The van der Waals surface area contributed by atoms with Gasteiger partial charge in [-0.15, -0.1) is 0 Å². The van der Waals surface area contributed by atoms with Crippen LogP contribution >= 0.6 is 0 Å². The highest BCUT2D eigenvalue weighted by Gasteiger charge is 2.18. The molecule has 0 aliphatic heterocycles. The molecule has 0 radical (unpaired) electrons. The first-order chi connectivity index (χ1) is 6.97. The van der Waals surface area contributed by atoms with Gasteiger partial charge in [0, 0.05) is 11.9 Å². The summed E-state index contributed by atoms with van der Waals surface area (Å²) < 4.78 is 2.23. The summed E-state index contributed by atoms with van der Waals surface area (Å²) in [6.45, 7) is 9.31. The Balaban J connectivity index is 2.54. The summed E-state index contributed by atoms with van der Waals surface area (Å²) in [4.78, 5) is 4.58. The number of hydrogen-bond acceptors (Lipinski definition) is 1. The van der Waals surface area contributed by atoms with Crippen LogP contribution in [0.5, 0.6) is 0 Å². The van der Waals surface area contributed by atoms with Gasteiger partial charge in [0.15, 0.2) is 0 Å². The van der Waals surface area contributed by atoms with Crippen LogP contribution in [0.25, 0.3) is 5.65 Å². The molecule has 0 aromatic carbocycles. The first kappa shape index (κ1) is 10.4. The van der Waals surface area contributed by atoms with E-state index in [0.717, 1.165) is 5.65 Å². The van der Waals surface area contributed by atoms with Crippen LogP contribution in [0.2, 0.25) is 19.6 Å². The third-order valence-electron chi connectivity index (χ3n) is 2.53. The molecular weight excluding hydrogens is 200 g/mol. The molecule has 2 aromatic heterocycles. The summed E-state index contributed by atoms with van der Waals surface area (Å²) in [5, 5.41) is 0. The molecule has 80 valence electrons. The molecule has 0 saturated carbocycles. The number of hydrogen-bond donors (Lipinski definition) is 0. The fourth-order valence-electron chi connectivity index (χ4n) is 1.88. The molecule has 0 spiro atoms. The summed E-state index contributed by atoms with van der Waals surface area (Å²) in [6, 6.07) is 7.38. The molecule has 0 aliphatic rings. The van der Waals surface area contributed by atoms with Crippen LogP contribution in [-0.4, -0.2) is 17.5 Å². The average molecular weight is 218 g/mol. The second-order valence-electron chi connectivity index (χ2n) is 5.31. The van der Waals surface area contributed by atoms with Crippen molar-refractivity contribution in [2.45, 2.75) is 32.6 Å². The van der Waals surface area contributed by atoms with Crippen molar-refractivity contribution in [2.24, 2.45) is 0 Å². The van der Waals surface area contributed by atoms with Crippen LogP contribution in [0.4, 0.5) is 0 Å². The smallest absolute Gasteiger partial charge is 0.137 e. The van der Waals surface area contributed by atoms with E-state index >= 15 is 0 Å². The number of aryl methyl sites for hydroxylation is 1. The van der Waals surface area contributed by atoms with Gasteiger partial charge < -0.3 is 4.40 Å². The van der Waals surface area contributed by atoms with E-state index in [1.807, 2.05) is 6.07 Å². The first-order valence-electron chi connectivity index (χ1n) is 5.40. The molecule has 0 bridgehead atoms. The van der Waals surface area contributed by atoms with Crippen LogP contribution < -0.4 is 0 Å². The normalized spacial score (nSPS) is 12.3. The second-order valence-corrected chi connectivity index (χ2v) is 10.8. The molecule has 2 rings (SSSR count). The third kappa shape index (κ3) is 2.12. The molecular formula is C12H18N2Si. The number of aromatic nitrogens is 2. The fourth-order valence-corrected chi connectivity index (χ4v) is 3.31. The summed E-state index contributed by atoms with van der Waals surface area (Å²) in [5.74, 6) is 0. The Morgan fingerprint density at radius 1 is 1.27 bits per heavy atom. The largest absolute Gasteiger partial charge is 0.304 e. The van der Waals surface area contributed by atoms with Crippen LogP contribution in [-0.2, 0) is 6.04 Å². The van der Waals surface area contributed by atoms with Gasteiger partial charge in [-0.05, 0) is 25.1 Å². The maximum Gasteiger partial charge on any atom is 0.137 e. The SMILES string of the molecule is Cc1nc2ccccn2c1C[Si](C)(C)C. The number of nitrogens with zero attached hydrogens (tertiary/aromatic N) is 2. The Bertz CT molecular complexity index is 480. The molecule has 2 aromatic rings. The van der Waals surface area contributed by atoms with Crippen molar-refractivity contribution >= 4 is 13.7 Å². The molecule has 0 atom stereocenters. The van der Waals surface area contributed by atoms with E-state index in [-0.39, 0.29) is 0 Å².